The van der Waals surface area contributed by atoms with Crippen LogP contribution in [0, 0.1) is 20.2 Å². The second-order valence-corrected chi connectivity index (χ2v) is 5.39. The van der Waals surface area contributed by atoms with Crippen LogP contribution in [0.25, 0.3) is 0 Å². The molecule has 0 atom stereocenters. The second kappa shape index (κ2) is 7.28. The largest absolute Gasteiger partial charge is 0.465 e. The van der Waals surface area contributed by atoms with Crippen molar-refractivity contribution in [2.45, 2.75) is 0 Å². The van der Waals surface area contributed by atoms with E-state index in [9.17, 15) is 25.0 Å². The number of esters is 1. The molecule has 0 aliphatic heterocycles. The summed E-state index contributed by atoms with van der Waals surface area (Å²) in [5.74, 6) is -0.474. The van der Waals surface area contributed by atoms with Gasteiger partial charge in [-0.05, 0) is 18.2 Å². The van der Waals surface area contributed by atoms with E-state index in [1.807, 2.05) is 0 Å². The van der Waals surface area contributed by atoms with Crippen LogP contribution in [0.1, 0.15) is 14.5 Å². The first-order valence-corrected chi connectivity index (χ1v) is 7.14. The van der Waals surface area contributed by atoms with E-state index in [1.165, 1.54) is 19.4 Å². The average molecular weight is 350 g/mol. The van der Waals surface area contributed by atoms with E-state index in [1.54, 1.807) is 12.1 Å². The summed E-state index contributed by atoms with van der Waals surface area (Å²) in [6.45, 7) is 0. The third kappa shape index (κ3) is 3.89. The lowest BCUT2D eigenvalue weighted by molar-refractivity contribution is -0.393. The van der Waals surface area contributed by atoms with Crippen LogP contribution in [0.5, 0.6) is 0 Å². The molecule has 11 heteroatoms. The van der Waals surface area contributed by atoms with E-state index in [4.69, 9.17) is 0 Å². The number of carbonyl (C=O) groups excluding carboxylic acids is 1. The normalized spacial score (nSPS) is 10.5. The van der Waals surface area contributed by atoms with Crippen LogP contribution < -0.4 is 5.43 Å². The van der Waals surface area contributed by atoms with Gasteiger partial charge in [-0.3, -0.25) is 25.7 Å². The minimum Gasteiger partial charge on any atom is -0.465 e. The summed E-state index contributed by atoms with van der Waals surface area (Å²) >= 11 is 1.13. The Hall–Kier alpha value is -3.34. The van der Waals surface area contributed by atoms with Crippen molar-refractivity contribution in [2.24, 2.45) is 5.10 Å². The summed E-state index contributed by atoms with van der Waals surface area (Å²) < 4.78 is 4.58. The molecule has 1 heterocycles. The fourth-order valence-electron chi connectivity index (χ4n) is 1.68. The molecule has 1 aromatic heterocycles. The Bertz CT molecular complexity index is 832. The number of non-ortho nitro benzene ring substituents is 1. The van der Waals surface area contributed by atoms with Crippen LogP contribution in [0.15, 0.2) is 35.4 Å². The molecule has 0 radical (unpaired) electrons. The third-order valence-electron chi connectivity index (χ3n) is 2.78. The van der Waals surface area contributed by atoms with Gasteiger partial charge in [-0.25, -0.2) is 4.79 Å². The first-order valence-electron chi connectivity index (χ1n) is 6.32. The molecule has 1 aromatic carbocycles. The number of nitrogens with one attached hydrogen (secondary N) is 1. The number of anilines is 1. The summed E-state index contributed by atoms with van der Waals surface area (Å²) in [6, 6.07) is 6.37. The Morgan fingerprint density at radius 2 is 2.00 bits per heavy atom. The first-order chi connectivity index (χ1) is 11.4. The molecule has 1 N–H and O–H groups in total. The predicted octanol–water partition coefficient (Wildman–Crippen LogP) is 2.80. The number of nitro benzene ring substituents is 2. The van der Waals surface area contributed by atoms with Crippen LogP contribution in [-0.2, 0) is 4.74 Å². The molecular weight excluding hydrogens is 340 g/mol. The van der Waals surface area contributed by atoms with E-state index in [0.717, 1.165) is 23.5 Å². The maximum absolute atomic E-state index is 11.3. The smallest absolute Gasteiger partial charge is 0.348 e. The number of ether oxygens (including phenoxy) is 1. The van der Waals surface area contributed by atoms with Crippen molar-refractivity contribution in [1.29, 1.82) is 0 Å². The topological polar surface area (TPSA) is 137 Å². The van der Waals surface area contributed by atoms with Crippen molar-refractivity contribution < 1.29 is 19.4 Å². The fraction of sp³-hybridized carbons (Fsp3) is 0.0769. The molecule has 124 valence electrons. The van der Waals surface area contributed by atoms with Crippen LogP contribution in [-0.4, -0.2) is 29.1 Å². The lowest BCUT2D eigenvalue weighted by Crippen LogP contribution is -1.98. The average Bonchev–Trinajstić information content (AvgIpc) is 3.02. The highest BCUT2D eigenvalue weighted by molar-refractivity contribution is 7.15. The molecule has 0 aliphatic carbocycles. The summed E-state index contributed by atoms with van der Waals surface area (Å²) in [4.78, 5) is 32.5. The highest BCUT2D eigenvalue weighted by atomic mass is 32.1. The molecule has 0 aliphatic rings. The van der Waals surface area contributed by atoms with Gasteiger partial charge in [0, 0.05) is 10.9 Å². The molecule has 0 bridgehead atoms. The zero-order valence-electron chi connectivity index (χ0n) is 12.2. The van der Waals surface area contributed by atoms with Gasteiger partial charge in [0.1, 0.15) is 10.6 Å². The molecule has 10 nitrogen and oxygen atoms in total. The Labute approximate surface area is 138 Å². The lowest BCUT2D eigenvalue weighted by Gasteiger charge is -2.01. The van der Waals surface area contributed by atoms with Gasteiger partial charge in [-0.1, -0.05) is 0 Å². The van der Waals surface area contributed by atoms with Crippen LogP contribution in [0.3, 0.4) is 0 Å². The lowest BCUT2D eigenvalue weighted by atomic mass is 10.2. The second-order valence-electron chi connectivity index (χ2n) is 4.28. The molecule has 24 heavy (non-hydrogen) atoms. The maximum Gasteiger partial charge on any atom is 0.348 e. The maximum atomic E-state index is 11.3. The summed E-state index contributed by atoms with van der Waals surface area (Å²) in [5, 5.41) is 25.5. The van der Waals surface area contributed by atoms with Gasteiger partial charge < -0.3 is 4.74 Å². The van der Waals surface area contributed by atoms with Crippen LogP contribution >= 0.6 is 11.3 Å². The van der Waals surface area contributed by atoms with Crippen molar-refractivity contribution in [3.8, 4) is 0 Å². The van der Waals surface area contributed by atoms with Gasteiger partial charge in [-0.2, -0.15) is 5.10 Å². The standard InChI is InChI=1S/C13H10N4O6S/c1-23-13(18)12-5-3-9(24-12)7-14-15-10-4-2-8(16(19)20)6-11(10)17(21)22/h2-7,15H,1H3. The fourth-order valence-corrected chi connectivity index (χ4v) is 2.48. The van der Waals surface area contributed by atoms with Crippen molar-refractivity contribution >= 4 is 40.6 Å². The summed E-state index contributed by atoms with van der Waals surface area (Å²) in [5.41, 5.74) is 1.60. The van der Waals surface area contributed by atoms with E-state index in [2.05, 4.69) is 15.3 Å². The van der Waals surface area contributed by atoms with Crippen LogP contribution in [0.2, 0.25) is 0 Å². The Kier molecular flexibility index (Phi) is 5.16. The minimum atomic E-state index is -0.745. The summed E-state index contributed by atoms with van der Waals surface area (Å²) in [6.07, 6.45) is 1.36. The van der Waals surface area contributed by atoms with E-state index in [0.29, 0.717) is 9.75 Å². The number of benzene rings is 1. The number of thiophene rings is 1. The summed E-state index contributed by atoms with van der Waals surface area (Å²) in [7, 11) is 1.27. The number of nitro groups is 2. The van der Waals surface area contributed by atoms with Crippen molar-refractivity contribution in [2.75, 3.05) is 12.5 Å². The zero-order valence-corrected chi connectivity index (χ0v) is 13.0. The van der Waals surface area contributed by atoms with Gasteiger partial charge in [0.2, 0.25) is 0 Å². The van der Waals surface area contributed by atoms with Crippen molar-refractivity contribution in [3.05, 3.63) is 60.3 Å². The molecule has 0 amide bonds. The molecule has 0 fully saturated rings. The Balaban J connectivity index is 2.16. The van der Waals surface area contributed by atoms with E-state index >= 15 is 0 Å². The molecule has 2 rings (SSSR count). The van der Waals surface area contributed by atoms with Crippen LogP contribution in [0.4, 0.5) is 17.1 Å². The number of rotatable bonds is 6. The SMILES string of the molecule is COC(=O)c1ccc(C=NNc2ccc([N+](=O)[O-])cc2[N+](=O)[O-])s1. The number of hydrogen-bond acceptors (Lipinski definition) is 9. The third-order valence-corrected chi connectivity index (χ3v) is 3.78. The monoisotopic (exact) mass is 350 g/mol. The molecule has 0 spiro atoms. The van der Waals surface area contributed by atoms with Crippen molar-refractivity contribution in [1.82, 2.24) is 0 Å². The minimum absolute atomic E-state index is 0.00611. The molecule has 2 aromatic rings. The zero-order chi connectivity index (χ0) is 17.7. The Morgan fingerprint density at radius 3 is 2.62 bits per heavy atom. The quantitative estimate of drug-likeness (QED) is 0.366. The molecule has 0 saturated carbocycles. The van der Waals surface area contributed by atoms with Gasteiger partial charge in [0.05, 0.1) is 29.2 Å². The van der Waals surface area contributed by atoms with Gasteiger partial charge in [0.15, 0.2) is 0 Å². The predicted molar refractivity (Wildman–Crippen MR) is 86.6 cm³/mol. The molecule has 0 saturated heterocycles. The van der Waals surface area contributed by atoms with E-state index in [-0.39, 0.29) is 5.69 Å². The highest BCUT2D eigenvalue weighted by Gasteiger charge is 2.19. The number of hydrogen-bond donors (Lipinski definition) is 1. The number of methoxy groups -OCH3 is 1. The number of carbonyl (C=O) groups is 1. The van der Waals surface area contributed by atoms with E-state index < -0.39 is 27.2 Å². The van der Waals surface area contributed by atoms with Gasteiger partial charge in [0.25, 0.3) is 5.69 Å². The highest BCUT2D eigenvalue weighted by Crippen LogP contribution is 2.28. The molecule has 0 unspecified atom stereocenters. The Morgan fingerprint density at radius 1 is 1.25 bits per heavy atom. The number of hydrazone groups is 1. The first kappa shape index (κ1) is 17.0. The van der Waals surface area contributed by atoms with Gasteiger partial charge >= 0.3 is 11.7 Å². The van der Waals surface area contributed by atoms with Crippen molar-refractivity contribution in [3.63, 3.8) is 0 Å². The number of nitrogens with zero attached hydrogens (tertiary/aromatic N) is 3. The molecular formula is C13H10N4O6S. The van der Waals surface area contributed by atoms with Gasteiger partial charge in [-0.15, -0.1) is 11.3 Å².